The van der Waals surface area contributed by atoms with Crippen LogP contribution < -0.4 is 15.4 Å². The summed E-state index contributed by atoms with van der Waals surface area (Å²) in [5.74, 6) is 0.570. The zero-order chi connectivity index (χ0) is 22.5. The number of anilines is 2. The number of morpholine rings is 1. The Morgan fingerprint density at radius 3 is 2.50 bits per heavy atom. The Balaban J connectivity index is 1.42. The number of methoxy groups -OCH3 is 1. The molecule has 1 saturated heterocycles. The molecule has 0 atom stereocenters. The Labute approximate surface area is 187 Å². The lowest BCUT2D eigenvalue weighted by atomic mass is 10.1. The Hall–Kier alpha value is -3.43. The second-order valence-electron chi connectivity index (χ2n) is 7.75. The third kappa shape index (κ3) is 4.90. The van der Waals surface area contributed by atoms with Crippen molar-refractivity contribution >= 4 is 17.4 Å². The highest BCUT2D eigenvalue weighted by Gasteiger charge is 2.22. The molecule has 9 heteroatoms. The Bertz CT molecular complexity index is 1060. The van der Waals surface area contributed by atoms with E-state index < -0.39 is 0 Å². The lowest BCUT2D eigenvalue weighted by Crippen LogP contribution is -2.35. The van der Waals surface area contributed by atoms with Gasteiger partial charge in [-0.3, -0.25) is 9.69 Å². The SMILES string of the molecule is COc1cccc(N(C)C(=O)c2nnn(Cc3ccc(CN4CCOCC4)cc3)c2N)c1. The molecule has 0 radical (unpaired) electrons. The summed E-state index contributed by atoms with van der Waals surface area (Å²) in [4.78, 5) is 16.8. The molecule has 0 saturated carbocycles. The molecule has 0 bridgehead atoms. The van der Waals surface area contributed by atoms with Gasteiger partial charge in [0, 0.05) is 38.4 Å². The largest absolute Gasteiger partial charge is 0.497 e. The van der Waals surface area contributed by atoms with Gasteiger partial charge < -0.3 is 20.1 Å². The summed E-state index contributed by atoms with van der Waals surface area (Å²) >= 11 is 0. The Kier molecular flexibility index (Phi) is 6.67. The molecule has 1 amide bonds. The smallest absolute Gasteiger partial charge is 0.282 e. The molecule has 0 spiro atoms. The van der Waals surface area contributed by atoms with Crippen molar-refractivity contribution in [1.29, 1.82) is 0 Å². The van der Waals surface area contributed by atoms with E-state index >= 15 is 0 Å². The molecule has 1 aromatic heterocycles. The number of hydrogen-bond donors (Lipinski definition) is 1. The maximum absolute atomic E-state index is 12.9. The van der Waals surface area contributed by atoms with Gasteiger partial charge in [0.2, 0.25) is 0 Å². The van der Waals surface area contributed by atoms with Crippen LogP contribution in [0.4, 0.5) is 11.5 Å². The van der Waals surface area contributed by atoms with Crippen molar-refractivity contribution in [3.05, 3.63) is 65.4 Å². The summed E-state index contributed by atoms with van der Waals surface area (Å²) in [6, 6.07) is 15.6. The number of hydrogen-bond acceptors (Lipinski definition) is 7. The van der Waals surface area contributed by atoms with Crippen LogP contribution >= 0.6 is 0 Å². The number of rotatable bonds is 7. The van der Waals surface area contributed by atoms with Gasteiger partial charge in [-0.1, -0.05) is 35.5 Å². The first-order chi connectivity index (χ1) is 15.5. The quantitative estimate of drug-likeness (QED) is 0.605. The van der Waals surface area contributed by atoms with E-state index in [4.69, 9.17) is 15.2 Å². The van der Waals surface area contributed by atoms with E-state index in [0.29, 0.717) is 18.0 Å². The Morgan fingerprint density at radius 2 is 1.81 bits per heavy atom. The standard InChI is InChI=1S/C23H28N6O3/c1-27(19-4-3-5-20(14-19)31-2)23(30)21-22(24)29(26-25-21)16-18-8-6-17(7-9-18)15-28-10-12-32-13-11-28/h3-9,14H,10-13,15-16,24H2,1-2H3. The Morgan fingerprint density at radius 1 is 1.12 bits per heavy atom. The van der Waals surface area contributed by atoms with Crippen molar-refractivity contribution in [2.24, 2.45) is 0 Å². The fourth-order valence-corrected chi connectivity index (χ4v) is 3.63. The van der Waals surface area contributed by atoms with Gasteiger partial charge >= 0.3 is 0 Å². The number of nitrogens with zero attached hydrogens (tertiary/aromatic N) is 5. The van der Waals surface area contributed by atoms with Crippen LogP contribution in [0.3, 0.4) is 0 Å². The molecule has 4 rings (SSSR count). The number of nitrogens with two attached hydrogens (primary N) is 1. The maximum Gasteiger partial charge on any atom is 0.282 e. The molecular weight excluding hydrogens is 408 g/mol. The summed E-state index contributed by atoms with van der Waals surface area (Å²) in [6.45, 7) is 4.84. The predicted molar refractivity (Wildman–Crippen MR) is 122 cm³/mol. The van der Waals surface area contributed by atoms with E-state index in [-0.39, 0.29) is 17.4 Å². The number of aromatic nitrogens is 3. The zero-order valence-electron chi connectivity index (χ0n) is 18.4. The molecule has 1 aliphatic rings. The van der Waals surface area contributed by atoms with Crippen LogP contribution in [-0.4, -0.2) is 66.3 Å². The number of ether oxygens (including phenoxy) is 2. The minimum atomic E-state index is -0.331. The first-order valence-electron chi connectivity index (χ1n) is 10.5. The van der Waals surface area contributed by atoms with Gasteiger partial charge in [-0.25, -0.2) is 4.68 Å². The number of benzene rings is 2. The molecule has 3 aromatic rings. The van der Waals surface area contributed by atoms with Crippen molar-refractivity contribution in [2.45, 2.75) is 13.1 Å². The number of carbonyl (C=O) groups excluding carboxylic acids is 1. The van der Waals surface area contributed by atoms with Crippen molar-refractivity contribution in [2.75, 3.05) is 51.1 Å². The molecule has 2 aromatic carbocycles. The monoisotopic (exact) mass is 436 g/mol. The lowest BCUT2D eigenvalue weighted by molar-refractivity contribution is 0.0342. The molecule has 2 heterocycles. The van der Waals surface area contributed by atoms with E-state index in [1.165, 1.54) is 10.5 Å². The van der Waals surface area contributed by atoms with Crippen molar-refractivity contribution in [3.8, 4) is 5.75 Å². The van der Waals surface area contributed by atoms with Crippen LogP contribution in [0, 0.1) is 0 Å². The van der Waals surface area contributed by atoms with Gasteiger partial charge in [0.05, 0.1) is 26.9 Å². The first kappa shape index (κ1) is 21.8. The fourth-order valence-electron chi connectivity index (χ4n) is 3.63. The van der Waals surface area contributed by atoms with Gasteiger partial charge in [0.15, 0.2) is 11.5 Å². The zero-order valence-corrected chi connectivity index (χ0v) is 18.4. The highest BCUT2D eigenvalue weighted by molar-refractivity contribution is 6.07. The van der Waals surface area contributed by atoms with E-state index in [0.717, 1.165) is 38.4 Å². The third-order valence-electron chi connectivity index (χ3n) is 5.59. The normalized spacial score (nSPS) is 14.3. The van der Waals surface area contributed by atoms with Crippen LogP contribution in [-0.2, 0) is 17.8 Å². The van der Waals surface area contributed by atoms with Gasteiger partial charge in [-0.05, 0) is 23.3 Å². The average molecular weight is 437 g/mol. The summed E-state index contributed by atoms with van der Waals surface area (Å²) in [5.41, 5.74) is 9.31. The van der Waals surface area contributed by atoms with Crippen LogP contribution in [0.25, 0.3) is 0 Å². The van der Waals surface area contributed by atoms with Crippen molar-refractivity contribution in [3.63, 3.8) is 0 Å². The average Bonchev–Trinajstić information content (AvgIpc) is 3.20. The van der Waals surface area contributed by atoms with Crippen LogP contribution in [0.15, 0.2) is 48.5 Å². The van der Waals surface area contributed by atoms with E-state index in [2.05, 4.69) is 39.5 Å². The minimum absolute atomic E-state index is 0.124. The molecule has 32 heavy (non-hydrogen) atoms. The summed E-state index contributed by atoms with van der Waals surface area (Å²) in [5, 5.41) is 8.15. The van der Waals surface area contributed by atoms with Gasteiger partial charge in [-0.15, -0.1) is 5.10 Å². The van der Waals surface area contributed by atoms with Gasteiger partial charge in [0.1, 0.15) is 5.75 Å². The second kappa shape index (κ2) is 9.80. The first-order valence-corrected chi connectivity index (χ1v) is 10.5. The number of nitrogen functional groups attached to an aromatic ring is 1. The molecule has 0 aliphatic carbocycles. The maximum atomic E-state index is 12.9. The van der Waals surface area contributed by atoms with Crippen LogP contribution in [0.2, 0.25) is 0 Å². The molecule has 1 aliphatic heterocycles. The van der Waals surface area contributed by atoms with Gasteiger partial charge in [0.25, 0.3) is 5.91 Å². The lowest BCUT2D eigenvalue weighted by Gasteiger charge is -2.26. The second-order valence-corrected chi connectivity index (χ2v) is 7.75. The van der Waals surface area contributed by atoms with E-state index in [1.54, 1.807) is 24.9 Å². The van der Waals surface area contributed by atoms with Crippen LogP contribution in [0.5, 0.6) is 5.75 Å². The number of amides is 1. The van der Waals surface area contributed by atoms with E-state index in [9.17, 15) is 4.79 Å². The molecule has 0 unspecified atom stereocenters. The highest BCUT2D eigenvalue weighted by Crippen LogP contribution is 2.22. The molecule has 9 nitrogen and oxygen atoms in total. The topological polar surface area (TPSA) is 98.7 Å². The van der Waals surface area contributed by atoms with Crippen LogP contribution in [0.1, 0.15) is 21.6 Å². The van der Waals surface area contributed by atoms with E-state index in [1.807, 2.05) is 18.2 Å². The molecule has 168 valence electrons. The number of carbonyl (C=O) groups is 1. The minimum Gasteiger partial charge on any atom is -0.497 e. The summed E-state index contributed by atoms with van der Waals surface area (Å²) in [6.07, 6.45) is 0. The third-order valence-corrected chi connectivity index (χ3v) is 5.59. The molecular formula is C23H28N6O3. The fraction of sp³-hybridized carbons (Fsp3) is 0.348. The van der Waals surface area contributed by atoms with Crippen molar-refractivity contribution in [1.82, 2.24) is 19.9 Å². The van der Waals surface area contributed by atoms with Crippen molar-refractivity contribution < 1.29 is 14.3 Å². The highest BCUT2D eigenvalue weighted by atomic mass is 16.5. The summed E-state index contributed by atoms with van der Waals surface area (Å²) < 4.78 is 12.2. The van der Waals surface area contributed by atoms with Gasteiger partial charge in [-0.2, -0.15) is 0 Å². The molecule has 2 N–H and O–H groups in total. The predicted octanol–water partition coefficient (Wildman–Crippen LogP) is 2.03. The summed E-state index contributed by atoms with van der Waals surface area (Å²) in [7, 11) is 3.25. The molecule has 1 fully saturated rings.